The van der Waals surface area contributed by atoms with Crippen LogP contribution in [0.2, 0.25) is 0 Å². The molecule has 3 aromatic rings. The zero-order chi connectivity index (χ0) is 23.8. The van der Waals surface area contributed by atoms with E-state index in [4.69, 9.17) is 9.72 Å². The fourth-order valence-corrected chi connectivity index (χ4v) is 5.95. The number of thiazole rings is 1. The fraction of sp³-hybridized carbons (Fsp3) is 0.417. The first-order valence-corrected chi connectivity index (χ1v) is 13.6. The Labute approximate surface area is 199 Å². The minimum Gasteiger partial charge on any atom is -0.494 e. The Kier molecular flexibility index (Phi) is 8.82. The number of hydrogen-bond donors (Lipinski definition) is 0. The van der Waals surface area contributed by atoms with E-state index >= 15 is 0 Å². The van der Waals surface area contributed by atoms with E-state index in [1.807, 2.05) is 18.2 Å². The highest BCUT2D eigenvalue weighted by Gasteiger charge is 2.22. The lowest BCUT2D eigenvalue weighted by Crippen LogP contribution is -2.38. The highest BCUT2D eigenvalue weighted by Crippen LogP contribution is 2.34. The van der Waals surface area contributed by atoms with E-state index in [1.54, 1.807) is 42.3 Å². The predicted octanol–water partition coefficient (Wildman–Crippen LogP) is 4.23. The molecule has 0 saturated carbocycles. The molecule has 0 spiro atoms. The van der Waals surface area contributed by atoms with Crippen LogP contribution in [0.15, 0.2) is 53.4 Å². The Morgan fingerprint density at radius 3 is 2.42 bits per heavy atom. The molecule has 178 valence electrons. The van der Waals surface area contributed by atoms with Gasteiger partial charge >= 0.3 is 0 Å². The number of carbonyl (C=O) groups excluding carboxylic acids is 1. The van der Waals surface area contributed by atoms with Crippen LogP contribution in [-0.4, -0.2) is 63.3 Å². The van der Waals surface area contributed by atoms with Crippen molar-refractivity contribution in [1.29, 1.82) is 0 Å². The Bertz CT molecular complexity index is 1160. The number of methoxy groups -OCH3 is 1. The maximum Gasteiger partial charge on any atom is 0.228 e. The molecule has 0 unspecified atom stereocenters. The molecular formula is C24H31N3O4S2. The molecule has 3 rings (SSSR count). The van der Waals surface area contributed by atoms with Crippen molar-refractivity contribution in [2.45, 2.75) is 31.6 Å². The van der Waals surface area contributed by atoms with Crippen molar-refractivity contribution in [3.63, 3.8) is 0 Å². The highest BCUT2D eigenvalue weighted by atomic mass is 32.2. The first-order valence-electron chi connectivity index (χ1n) is 11.1. The SMILES string of the molecule is CCN(CC)CCN(C(=O)CCCS(=O)(=O)c1ccccc1)c1nc2c(OC)cccc2s1. The van der Waals surface area contributed by atoms with Gasteiger partial charge in [0.25, 0.3) is 0 Å². The summed E-state index contributed by atoms with van der Waals surface area (Å²) in [7, 11) is -1.82. The maximum atomic E-state index is 13.2. The van der Waals surface area contributed by atoms with Crippen molar-refractivity contribution in [1.82, 2.24) is 9.88 Å². The summed E-state index contributed by atoms with van der Waals surface area (Å²) in [6.07, 6.45) is 0.392. The minimum absolute atomic E-state index is 0.0691. The molecule has 9 heteroatoms. The van der Waals surface area contributed by atoms with E-state index < -0.39 is 9.84 Å². The molecular weight excluding hydrogens is 458 g/mol. The van der Waals surface area contributed by atoms with Crippen molar-refractivity contribution in [3.05, 3.63) is 48.5 Å². The van der Waals surface area contributed by atoms with Gasteiger partial charge in [0.15, 0.2) is 15.0 Å². The van der Waals surface area contributed by atoms with Crippen LogP contribution < -0.4 is 9.64 Å². The standard InChI is InChI=1S/C24H31N3O4S2/c1-4-26(5-2)16-17-27(24-25-23-20(31-3)13-9-14-21(23)32-24)22(28)15-10-18-33(29,30)19-11-7-6-8-12-19/h6-9,11-14H,4-5,10,15-18H2,1-3H3. The van der Waals surface area contributed by atoms with Crippen LogP contribution in [0, 0.1) is 0 Å². The van der Waals surface area contributed by atoms with Crippen molar-refractivity contribution >= 4 is 42.4 Å². The van der Waals surface area contributed by atoms with Gasteiger partial charge in [-0.1, -0.05) is 49.4 Å². The van der Waals surface area contributed by atoms with Crippen LogP contribution in [0.25, 0.3) is 10.2 Å². The highest BCUT2D eigenvalue weighted by molar-refractivity contribution is 7.91. The molecule has 7 nitrogen and oxygen atoms in total. The van der Waals surface area contributed by atoms with Crippen LogP contribution in [0.5, 0.6) is 5.75 Å². The number of anilines is 1. The second-order valence-electron chi connectivity index (χ2n) is 7.61. The van der Waals surface area contributed by atoms with Crippen LogP contribution >= 0.6 is 11.3 Å². The number of fused-ring (bicyclic) bond motifs is 1. The summed E-state index contributed by atoms with van der Waals surface area (Å²) in [6, 6.07) is 14.1. The maximum absolute atomic E-state index is 13.2. The molecule has 0 fully saturated rings. The molecule has 0 radical (unpaired) electrons. The monoisotopic (exact) mass is 489 g/mol. The van der Waals surface area contributed by atoms with Crippen molar-refractivity contribution in [3.8, 4) is 5.75 Å². The minimum atomic E-state index is -3.42. The molecule has 0 aliphatic rings. The van der Waals surface area contributed by atoms with Gasteiger partial charge in [0.05, 0.1) is 22.5 Å². The Hall–Kier alpha value is -2.49. The Balaban J connectivity index is 1.77. The molecule has 0 saturated heterocycles. The third-order valence-corrected chi connectivity index (χ3v) is 8.42. The van der Waals surface area contributed by atoms with E-state index in [1.165, 1.54) is 11.3 Å². The van der Waals surface area contributed by atoms with Gasteiger partial charge in [-0.15, -0.1) is 0 Å². The zero-order valence-corrected chi connectivity index (χ0v) is 21.0. The van der Waals surface area contributed by atoms with Crippen molar-refractivity contribution in [2.24, 2.45) is 0 Å². The van der Waals surface area contributed by atoms with Gasteiger partial charge in [-0.25, -0.2) is 13.4 Å². The summed E-state index contributed by atoms with van der Waals surface area (Å²) in [5.41, 5.74) is 0.729. The predicted molar refractivity (Wildman–Crippen MR) is 134 cm³/mol. The summed E-state index contributed by atoms with van der Waals surface area (Å²) in [4.78, 5) is 22.2. The summed E-state index contributed by atoms with van der Waals surface area (Å²) in [6.45, 7) is 7.17. The first-order chi connectivity index (χ1) is 15.9. The topological polar surface area (TPSA) is 79.8 Å². The number of hydrogen-bond acceptors (Lipinski definition) is 7. The smallest absolute Gasteiger partial charge is 0.228 e. The number of para-hydroxylation sites is 1. The normalized spacial score (nSPS) is 11.8. The van der Waals surface area contributed by atoms with Gasteiger partial charge in [-0.05, 0) is 43.8 Å². The van der Waals surface area contributed by atoms with Gasteiger partial charge in [-0.2, -0.15) is 0 Å². The van der Waals surface area contributed by atoms with E-state index in [9.17, 15) is 13.2 Å². The first kappa shape index (κ1) is 25.1. The summed E-state index contributed by atoms with van der Waals surface area (Å²) in [5.74, 6) is 0.476. The lowest BCUT2D eigenvalue weighted by molar-refractivity contribution is -0.118. The number of rotatable bonds is 12. The lowest BCUT2D eigenvalue weighted by atomic mass is 10.3. The molecule has 0 bridgehead atoms. The zero-order valence-electron chi connectivity index (χ0n) is 19.4. The Morgan fingerprint density at radius 1 is 1.03 bits per heavy atom. The lowest BCUT2D eigenvalue weighted by Gasteiger charge is -2.24. The van der Waals surface area contributed by atoms with Gasteiger partial charge in [0.1, 0.15) is 11.3 Å². The molecule has 1 amide bonds. The van der Waals surface area contributed by atoms with E-state index in [0.29, 0.717) is 24.0 Å². The van der Waals surface area contributed by atoms with Crippen molar-refractivity contribution in [2.75, 3.05) is 43.9 Å². The average Bonchev–Trinajstić information content (AvgIpc) is 3.26. The molecule has 0 aliphatic carbocycles. The van der Waals surface area contributed by atoms with Gasteiger partial charge in [-0.3, -0.25) is 9.69 Å². The average molecular weight is 490 g/mol. The number of benzene rings is 2. The number of likely N-dealkylation sites (N-methyl/N-ethyl adjacent to an activating group) is 1. The molecule has 1 aromatic heterocycles. The van der Waals surface area contributed by atoms with E-state index in [-0.39, 0.29) is 29.4 Å². The molecule has 0 aliphatic heterocycles. The largest absolute Gasteiger partial charge is 0.494 e. The number of carbonyl (C=O) groups is 1. The van der Waals surface area contributed by atoms with Crippen LogP contribution in [0.4, 0.5) is 5.13 Å². The van der Waals surface area contributed by atoms with Crippen LogP contribution in [-0.2, 0) is 14.6 Å². The fourth-order valence-electron chi connectivity index (χ4n) is 3.59. The molecule has 0 N–H and O–H groups in total. The van der Waals surface area contributed by atoms with Gasteiger partial charge in [0, 0.05) is 19.5 Å². The summed E-state index contributed by atoms with van der Waals surface area (Å²) < 4.78 is 31.5. The molecule has 2 aromatic carbocycles. The van der Waals surface area contributed by atoms with Gasteiger partial charge in [0.2, 0.25) is 5.91 Å². The van der Waals surface area contributed by atoms with Gasteiger partial charge < -0.3 is 9.64 Å². The summed E-state index contributed by atoms with van der Waals surface area (Å²) in [5, 5.41) is 0.609. The van der Waals surface area contributed by atoms with E-state index in [2.05, 4.69) is 18.7 Å². The number of ether oxygens (including phenoxy) is 1. The van der Waals surface area contributed by atoms with Crippen LogP contribution in [0.1, 0.15) is 26.7 Å². The number of aromatic nitrogens is 1. The second kappa shape index (κ2) is 11.6. The quantitative estimate of drug-likeness (QED) is 0.379. The second-order valence-corrected chi connectivity index (χ2v) is 10.7. The third kappa shape index (κ3) is 6.31. The Morgan fingerprint density at radius 2 is 1.76 bits per heavy atom. The summed E-state index contributed by atoms with van der Waals surface area (Å²) >= 11 is 1.44. The number of sulfone groups is 1. The van der Waals surface area contributed by atoms with E-state index in [0.717, 1.165) is 23.3 Å². The van der Waals surface area contributed by atoms with Crippen molar-refractivity contribution < 1.29 is 17.9 Å². The molecule has 1 heterocycles. The number of amides is 1. The molecule has 33 heavy (non-hydrogen) atoms. The number of nitrogens with zero attached hydrogens (tertiary/aromatic N) is 3. The molecule has 0 atom stereocenters. The third-order valence-electron chi connectivity index (χ3n) is 5.56. The van der Waals surface area contributed by atoms with Crippen LogP contribution in [0.3, 0.4) is 0 Å².